The Morgan fingerprint density at radius 1 is 1.41 bits per heavy atom. The van der Waals surface area contributed by atoms with Gasteiger partial charge in [-0.05, 0) is 32.2 Å². The van der Waals surface area contributed by atoms with Crippen LogP contribution in [0.25, 0.3) is 0 Å². The van der Waals surface area contributed by atoms with Crippen molar-refractivity contribution in [3.63, 3.8) is 0 Å². The second-order valence-corrected chi connectivity index (χ2v) is 4.72. The lowest BCUT2D eigenvalue weighted by molar-refractivity contribution is -0.153. The van der Waals surface area contributed by atoms with E-state index in [-0.39, 0.29) is 6.10 Å². The molecule has 0 saturated carbocycles. The highest BCUT2D eigenvalue weighted by molar-refractivity contribution is 5.78. The number of nitrogens with zero attached hydrogens (tertiary/aromatic N) is 1. The van der Waals surface area contributed by atoms with Crippen molar-refractivity contribution in [1.82, 2.24) is 4.90 Å². The summed E-state index contributed by atoms with van der Waals surface area (Å²) in [6.45, 7) is 8.25. The van der Waals surface area contributed by atoms with Crippen LogP contribution in [0.15, 0.2) is 0 Å². The minimum Gasteiger partial charge on any atom is -0.480 e. The van der Waals surface area contributed by atoms with Crippen LogP contribution in [0.3, 0.4) is 0 Å². The lowest BCUT2D eigenvalue weighted by Crippen LogP contribution is -2.56. The zero-order chi connectivity index (χ0) is 12.9. The van der Waals surface area contributed by atoms with E-state index in [1.54, 1.807) is 0 Å². The van der Waals surface area contributed by atoms with Gasteiger partial charge in [-0.15, -0.1) is 0 Å². The molecular weight excluding hydrogens is 218 g/mol. The molecule has 0 amide bonds. The van der Waals surface area contributed by atoms with Crippen molar-refractivity contribution >= 4 is 5.97 Å². The Labute approximate surface area is 104 Å². The Hall–Kier alpha value is -0.610. The molecule has 1 aliphatic heterocycles. The molecule has 4 nitrogen and oxygen atoms in total. The van der Waals surface area contributed by atoms with E-state index < -0.39 is 11.5 Å². The molecule has 0 aromatic rings. The number of rotatable bonds is 7. The minimum absolute atomic E-state index is 0.215. The molecule has 1 atom stereocenters. The van der Waals surface area contributed by atoms with Crippen LogP contribution in [0.5, 0.6) is 0 Å². The summed E-state index contributed by atoms with van der Waals surface area (Å²) in [5.41, 5.74) is -0.722. The topological polar surface area (TPSA) is 49.8 Å². The standard InChI is InChI=1S/C13H25NO3/c1-4-13(5-2,12(15)16)14(6-3)10-11-8-7-9-17-11/h11H,4-10H2,1-3H3,(H,15,16). The fraction of sp³-hybridized carbons (Fsp3) is 0.923. The second-order valence-electron chi connectivity index (χ2n) is 4.72. The molecule has 1 aliphatic rings. The van der Waals surface area contributed by atoms with Crippen molar-refractivity contribution in [2.45, 2.75) is 58.1 Å². The number of hydrogen-bond acceptors (Lipinski definition) is 3. The molecule has 1 unspecified atom stereocenters. The van der Waals surface area contributed by atoms with Crippen LogP contribution < -0.4 is 0 Å². The Balaban J connectivity index is 2.76. The first kappa shape index (κ1) is 14.5. The molecule has 0 radical (unpaired) electrons. The van der Waals surface area contributed by atoms with Crippen molar-refractivity contribution in [3.8, 4) is 0 Å². The summed E-state index contributed by atoms with van der Waals surface area (Å²) in [7, 11) is 0. The van der Waals surface area contributed by atoms with Crippen LogP contribution in [0.1, 0.15) is 46.5 Å². The van der Waals surface area contributed by atoms with Crippen molar-refractivity contribution in [2.24, 2.45) is 0 Å². The van der Waals surface area contributed by atoms with Gasteiger partial charge in [0.1, 0.15) is 5.54 Å². The van der Waals surface area contributed by atoms with Gasteiger partial charge in [0, 0.05) is 13.2 Å². The molecule has 1 rings (SSSR count). The Kier molecular flexibility index (Phi) is 5.40. The van der Waals surface area contributed by atoms with Crippen LogP contribution in [-0.4, -0.2) is 47.3 Å². The zero-order valence-electron chi connectivity index (χ0n) is 11.2. The largest absolute Gasteiger partial charge is 0.480 e. The molecule has 1 heterocycles. The molecule has 1 saturated heterocycles. The Morgan fingerprint density at radius 3 is 2.41 bits per heavy atom. The molecule has 0 spiro atoms. The van der Waals surface area contributed by atoms with Gasteiger partial charge in [0.15, 0.2) is 0 Å². The van der Waals surface area contributed by atoms with E-state index in [1.807, 2.05) is 20.8 Å². The highest BCUT2D eigenvalue weighted by Gasteiger charge is 2.41. The van der Waals surface area contributed by atoms with Gasteiger partial charge in [-0.1, -0.05) is 20.8 Å². The van der Waals surface area contributed by atoms with Gasteiger partial charge in [0.25, 0.3) is 0 Å². The number of carbonyl (C=O) groups is 1. The van der Waals surface area contributed by atoms with E-state index in [0.29, 0.717) is 12.8 Å². The number of hydrogen-bond donors (Lipinski definition) is 1. The Bertz CT molecular complexity index is 245. The SMILES string of the molecule is CCN(CC1CCCO1)C(CC)(CC)C(=O)O. The van der Waals surface area contributed by atoms with Crippen molar-refractivity contribution in [3.05, 3.63) is 0 Å². The fourth-order valence-electron chi connectivity index (χ4n) is 2.78. The van der Waals surface area contributed by atoms with E-state index in [9.17, 15) is 9.90 Å². The fourth-order valence-corrected chi connectivity index (χ4v) is 2.78. The van der Waals surface area contributed by atoms with E-state index >= 15 is 0 Å². The summed E-state index contributed by atoms with van der Waals surface area (Å²) in [5.74, 6) is -0.706. The third-order valence-electron chi connectivity index (χ3n) is 4.00. The smallest absolute Gasteiger partial charge is 0.324 e. The van der Waals surface area contributed by atoms with E-state index in [4.69, 9.17) is 4.74 Å². The first-order valence-corrected chi connectivity index (χ1v) is 6.70. The van der Waals surface area contributed by atoms with Crippen LogP contribution in [-0.2, 0) is 9.53 Å². The molecule has 100 valence electrons. The van der Waals surface area contributed by atoms with Gasteiger partial charge in [0.2, 0.25) is 0 Å². The summed E-state index contributed by atoms with van der Waals surface area (Å²) in [4.78, 5) is 13.6. The van der Waals surface area contributed by atoms with Crippen molar-refractivity contribution in [2.75, 3.05) is 19.7 Å². The third kappa shape index (κ3) is 2.99. The zero-order valence-corrected chi connectivity index (χ0v) is 11.2. The minimum atomic E-state index is -0.722. The first-order valence-electron chi connectivity index (χ1n) is 6.70. The summed E-state index contributed by atoms with van der Waals surface area (Å²) in [6, 6.07) is 0. The molecule has 0 aromatic heterocycles. The predicted octanol–water partition coefficient (Wildman–Crippen LogP) is 2.13. The maximum Gasteiger partial charge on any atom is 0.324 e. The third-order valence-corrected chi connectivity index (χ3v) is 4.00. The van der Waals surface area contributed by atoms with Gasteiger partial charge in [-0.2, -0.15) is 0 Å². The predicted molar refractivity (Wildman–Crippen MR) is 67.2 cm³/mol. The summed E-state index contributed by atoms with van der Waals surface area (Å²) >= 11 is 0. The Morgan fingerprint density at radius 2 is 2.06 bits per heavy atom. The number of ether oxygens (including phenoxy) is 1. The molecule has 17 heavy (non-hydrogen) atoms. The lowest BCUT2D eigenvalue weighted by Gasteiger charge is -2.40. The summed E-state index contributed by atoms with van der Waals surface area (Å²) in [5, 5.41) is 9.52. The number of likely N-dealkylation sites (N-methyl/N-ethyl adjacent to an activating group) is 1. The van der Waals surface area contributed by atoms with Crippen LogP contribution in [0, 0.1) is 0 Å². The highest BCUT2D eigenvalue weighted by Crippen LogP contribution is 2.26. The monoisotopic (exact) mass is 243 g/mol. The summed E-state index contributed by atoms with van der Waals surface area (Å²) < 4.78 is 5.61. The molecule has 0 aliphatic carbocycles. The molecule has 0 aromatic carbocycles. The van der Waals surface area contributed by atoms with Gasteiger partial charge in [-0.25, -0.2) is 0 Å². The maximum absolute atomic E-state index is 11.6. The quantitative estimate of drug-likeness (QED) is 0.744. The van der Waals surface area contributed by atoms with E-state index in [0.717, 1.165) is 32.5 Å². The average molecular weight is 243 g/mol. The van der Waals surface area contributed by atoms with E-state index in [1.165, 1.54) is 0 Å². The second kappa shape index (κ2) is 6.36. The maximum atomic E-state index is 11.6. The highest BCUT2D eigenvalue weighted by atomic mass is 16.5. The lowest BCUT2D eigenvalue weighted by atomic mass is 9.90. The molecular formula is C13H25NO3. The van der Waals surface area contributed by atoms with Gasteiger partial charge < -0.3 is 9.84 Å². The van der Waals surface area contributed by atoms with Gasteiger partial charge >= 0.3 is 5.97 Å². The van der Waals surface area contributed by atoms with E-state index in [2.05, 4.69) is 4.90 Å². The molecule has 1 N–H and O–H groups in total. The van der Waals surface area contributed by atoms with Crippen molar-refractivity contribution < 1.29 is 14.6 Å². The normalized spacial score (nSPS) is 21.1. The van der Waals surface area contributed by atoms with Crippen LogP contribution in [0.4, 0.5) is 0 Å². The number of carboxylic acid groups (broad SMARTS) is 1. The van der Waals surface area contributed by atoms with Crippen LogP contribution >= 0.6 is 0 Å². The average Bonchev–Trinajstić information content (AvgIpc) is 2.82. The van der Waals surface area contributed by atoms with Crippen LogP contribution in [0.2, 0.25) is 0 Å². The summed E-state index contributed by atoms with van der Waals surface area (Å²) in [6.07, 6.45) is 3.64. The number of carboxylic acids is 1. The number of aliphatic carboxylic acids is 1. The van der Waals surface area contributed by atoms with Gasteiger partial charge in [0.05, 0.1) is 6.10 Å². The molecule has 1 fully saturated rings. The molecule has 4 heteroatoms. The first-order chi connectivity index (χ1) is 8.10. The molecule has 0 bridgehead atoms. The van der Waals surface area contributed by atoms with Gasteiger partial charge in [-0.3, -0.25) is 9.69 Å². The van der Waals surface area contributed by atoms with Crippen molar-refractivity contribution in [1.29, 1.82) is 0 Å².